The van der Waals surface area contributed by atoms with Crippen molar-refractivity contribution in [3.63, 3.8) is 0 Å². The van der Waals surface area contributed by atoms with Crippen molar-refractivity contribution in [1.82, 2.24) is 25.3 Å². The van der Waals surface area contributed by atoms with Gasteiger partial charge in [0.05, 0.1) is 7.11 Å². The molecule has 8 nitrogen and oxygen atoms in total. The average Bonchev–Trinajstić information content (AvgIpc) is 2.97. The SMILES string of the molecule is COc1ccc(-c2noc(-c3cccc(N)n3)n2)nn1. The number of nitrogens with two attached hydrogens (primary N) is 1. The van der Waals surface area contributed by atoms with E-state index in [9.17, 15) is 0 Å². The molecule has 0 fully saturated rings. The maximum Gasteiger partial charge on any atom is 0.276 e. The van der Waals surface area contributed by atoms with E-state index >= 15 is 0 Å². The van der Waals surface area contributed by atoms with Gasteiger partial charge in [0.25, 0.3) is 5.89 Å². The fourth-order valence-electron chi connectivity index (χ4n) is 1.55. The van der Waals surface area contributed by atoms with Gasteiger partial charge in [0.1, 0.15) is 17.2 Å². The molecule has 3 aromatic heterocycles. The first-order valence-corrected chi connectivity index (χ1v) is 5.71. The summed E-state index contributed by atoms with van der Waals surface area (Å²) >= 11 is 0. The third-order valence-electron chi connectivity index (χ3n) is 2.49. The van der Waals surface area contributed by atoms with E-state index in [1.807, 2.05) is 0 Å². The van der Waals surface area contributed by atoms with Gasteiger partial charge in [-0.15, -0.1) is 10.2 Å². The van der Waals surface area contributed by atoms with E-state index in [4.69, 9.17) is 15.0 Å². The zero-order valence-corrected chi connectivity index (χ0v) is 10.5. The van der Waals surface area contributed by atoms with Crippen molar-refractivity contribution >= 4 is 5.82 Å². The third kappa shape index (κ3) is 2.26. The topological polar surface area (TPSA) is 113 Å². The number of nitrogen functional groups attached to an aromatic ring is 1. The number of rotatable bonds is 3. The van der Waals surface area contributed by atoms with E-state index in [1.54, 1.807) is 30.3 Å². The highest BCUT2D eigenvalue weighted by molar-refractivity contribution is 5.55. The van der Waals surface area contributed by atoms with Crippen LogP contribution < -0.4 is 10.5 Å². The first kappa shape index (κ1) is 12.0. The number of pyridine rings is 1. The molecule has 0 radical (unpaired) electrons. The van der Waals surface area contributed by atoms with Crippen molar-refractivity contribution in [2.75, 3.05) is 12.8 Å². The Morgan fingerprint density at radius 1 is 1.05 bits per heavy atom. The zero-order chi connectivity index (χ0) is 13.9. The molecule has 2 N–H and O–H groups in total. The van der Waals surface area contributed by atoms with Crippen LogP contribution in [0.15, 0.2) is 34.9 Å². The van der Waals surface area contributed by atoms with Crippen molar-refractivity contribution in [3.05, 3.63) is 30.3 Å². The molecular formula is C12H10N6O2. The van der Waals surface area contributed by atoms with Crippen LogP contribution in [0.3, 0.4) is 0 Å². The minimum atomic E-state index is 0.268. The maximum atomic E-state index is 5.61. The number of aromatic nitrogens is 5. The standard InChI is InChI=1S/C12H10N6O2/c1-19-10-6-5-7(16-17-10)11-15-12(20-18-11)8-3-2-4-9(13)14-8/h2-6H,1H3,(H2,13,14). The molecule has 3 heterocycles. The fraction of sp³-hybridized carbons (Fsp3) is 0.0833. The highest BCUT2D eigenvalue weighted by atomic mass is 16.5. The number of nitrogens with zero attached hydrogens (tertiary/aromatic N) is 5. The van der Waals surface area contributed by atoms with Crippen molar-refractivity contribution < 1.29 is 9.26 Å². The molecule has 0 aliphatic heterocycles. The van der Waals surface area contributed by atoms with Gasteiger partial charge in [-0.3, -0.25) is 0 Å². The summed E-state index contributed by atoms with van der Waals surface area (Å²) in [6.07, 6.45) is 0. The second-order valence-electron chi connectivity index (χ2n) is 3.83. The molecule has 0 amide bonds. The van der Waals surface area contributed by atoms with Crippen LogP contribution in [-0.2, 0) is 0 Å². The highest BCUT2D eigenvalue weighted by Crippen LogP contribution is 2.20. The monoisotopic (exact) mass is 270 g/mol. The molecule has 3 rings (SSSR count). The Hall–Kier alpha value is -3.03. The molecule has 0 atom stereocenters. The molecule has 20 heavy (non-hydrogen) atoms. The van der Waals surface area contributed by atoms with Gasteiger partial charge < -0.3 is 15.0 Å². The molecule has 0 unspecified atom stereocenters. The number of hydrogen-bond donors (Lipinski definition) is 1. The average molecular weight is 270 g/mol. The van der Waals surface area contributed by atoms with Gasteiger partial charge in [-0.05, 0) is 18.2 Å². The van der Waals surface area contributed by atoms with Crippen molar-refractivity contribution in [2.45, 2.75) is 0 Å². The van der Waals surface area contributed by atoms with Crippen LogP contribution in [0.5, 0.6) is 5.88 Å². The molecule has 3 aromatic rings. The third-order valence-corrected chi connectivity index (χ3v) is 2.49. The normalized spacial score (nSPS) is 10.4. The minimum absolute atomic E-state index is 0.268. The molecule has 8 heteroatoms. The molecule has 100 valence electrons. The lowest BCUT2D eigenvalue weighted by Crippen LogP contribution is -1.93. The molecule has 0 aliphatic carbocycles. The lowest BCUT2D eigenvalue weighted by Gasteiger charge is -1.96. The van der Waals surface area contributed by atoms with Crippen LogP contribution in [0, 0.1) is 0 Å². The zero-order valence-electron chi connectivity index (χ0n) is 10.5. The molecule has 0 saturated heterocycles. The smallest absolute Gasteiger partial charge is 0.276 e. The summed E-state index contributed by atoms with van der Waals surface area (Å²) in [7, 11) is 1.52. The summed E-state index contributed by atoms with van der Waals surface area (Å²) in [6.45, 7) is 0. The Bertz CT molecular complexity index is 725. The fourth-order valence-corrected chi connectivity index (χ4v) is 1.55. The van der Waals surface area contributed by atoms with E-state index in [2.05, 4.69) is 25.3 Å². The second kappa shape index (κ2) is 4.92. The van der Waals surface area contributed by atoms with Crippen LogP contribution >= 0.6 is 0 Å². The molecule has 0 bridgehead atoms. The predicted molar refractivity (Wildman–Crippen MR) is 69.5 cm³/mol. The van der Waals surface area contributed by atoms with Crippen molar-refractivity contribution in [2.24, 2.45) is 0 Å². The number of ether oxygens (including phenoxy) is 1. The highest BCUT2D eigenvalue weighted by Gasteiger charge is 2.13. The Labute approximate surface area is 113 Å². The summed E-state index contributed by atoms with van der Waals surface area (Å²) in [5.41, 5.74) is 6.59. The Balaban J connectivity index is 1.93. The van der Waals surface area contributed by atoms with Crippen LogP contribution in [0.4, 0.5) is 5.82 Å². The first-order valence-electron chi connectivity index (χ1n) is 5.71. The van der Waals surface area contributed by atoms with E-state index in [0.717, 1.165) is 0 Å². The summed E-state index contributed by atoms with van der Waals surface area (Å²) in [4.78, 5) is 8.31. The van der Waals surface area contributed by atoms with Crippen LogP contribution in [0.2, 0.25) is 0 Å². The van der Waals surface area contributed by atoms with Gasteiger partial charge in [-0.2, -0.15) is 4.98 Å². The summed E-state index contributed by atoms with van der Waals surface area (Å²) in [5.74, 6) is 1.38. The second-order valence-corrected chi connectivity index (χ2v) is 3.83. The van der Waals surface area contributed by atoms with Gasteiger partial charge >= 0.3 is 0 Å². The lowest BCUT2D eigenvalue weighted by atomic mass is 10.3. The molecule has 0 saturated carbocycles. The number of anilines is 1. The maximum absolute atomic E-state index is 5.61. The van der Waals surface area contributed by atoms with Crippen molar-refractivity contribution in [1.29, 1.82) is 0 Å². The minimum Gasteiger partial charge on any atom is -0.480 e. The number of hydrogen-bond acceptors (Lipinski definition) is 8. The lowest BCUT2D eigenvalue weighted by molar-refractivity contribution is 0.392. The summed E-state index contributed by atoms with van der Waals surface area (Å²) in [5, 5.41) is 11.6. The quantitative estimate of drug-likeness (QED) is 0.754. The molecule has 0 aromatic carbocycles. The van der Waals surface area contributed by atoms with Crippen LogP contribution in [0.25, 0.3) is 23.1 Å². The summed E-state index contributed by atoms with van der Waals surface area (Å²) in [6, 6.07) is 8.52. The van der Waals surface area contributed by atoms with Gasteiger partial charge in [0.15, 0.2) is 0 Å². The number of methoxy groups -OCH3 is 1. The van der Waals surface area contributed by atoms with Crippen molar-refractivity contribution in [3.8, 4) is 29.0 Å². The van der Waals surface area contributed by atoms with Gasteiger partial charge in [-0.25, -0.2) is 4.98 Å². The van der Waals surface area contributed by atoms with E-state index in [0.29, 0.717) is 28.9 Å². The molecular weight excluding hydrogens is 260 g/mol. The van der Waals surface area contributed by atoms with Crippen LogP contribution in [0.1, 0.15) is 0 Å². The van der Waals surface area contributed by atoms with Gasteiger partial charge in [-0.1, -0.05) is 11.2 Å². The van der Waals surface area contributed by atoms with E-state index < -0.39 is 0 Å². The Morgan fingerprint density at radius 3 is 2.65 bits per heavy atom. The molecule has 0 aliphatic rings. The molecule has 0 spiro atoms. The van der Waals surface area contributed by atoms with E-state index in [1.165, 1.54) is 7.11 Å². The van der Waals surface area contributed by atoms with Gasteiger partial charge in [0.2, 0.25) is 11.7 Å². The van der Waals surface area contributed by atoms with E-state index in [-0.39, 0.29) is 5.89 Å². The predicted octanol–water partition coefficient (Wildman–Crippen LogP) is 1.18. The summed E-state index contributed by atoms with van der Waals surface area (Å²) < 4.78 is 10.1. The first-order chi connectivity index (χ1) is 9.76. The largest absolute Gasteiger partial charge is 0.480 e. The Kier molecular flexibility index (Phi) is 2.96. The van der Waals surface area contributed by atoms with Gasteiger partial charge in [0, 0.05) is 6.07 Å². The van der Waals surface area contributed by atoms with Crippen LogP contribution in [-0.4, -0.2) is 32.4 Å². The Morgan fingerprint density at radius 2 is 1.95 bits per heavy atom.